The predicted molar refractivity (Wildman–Crippen MR) is 78.8 cm³/mol. The molecule has 0 aromatic heterocycles. The molecule has 0 aliphatic carbocycles. The second kappa shape index (κ2) is 5.33. The fourth-order valence-electron chi connectivity index (χ4n) is 2.71. The summed E-state index contributed by atoms with van der Waals surface area (Å²) >= 11 is 0. The van der Waals surface area contributed by atoms with Crippen molar-refractivity contribution < 1.29 is 4.79 Å². The first-order chi connectivity index (χ1) is 8.91. The standard InChI is InChI=1S/C16H24N2O/c1-11-10-12(2)14(4)15(13(11)3)16(19)18-8-6-17(5)7-9-18/h10H,6-9H2,1-5H3. The maximum absolute atomic E-state index is 12.8. The van der Waals surface area contributed by atoms with Crippen molar-refractivity contribution in [2.45, 2.75) is 27.7 Å². The molecule has 1 aliphatic heterocycles. The summed E-state index contributed by atoms with van der Waals surface area (Å²) < 4.78 is 0. The van der Waals surface area contributed by atoms with Crippen molar-refractivity contribution in [1.29, 1.82) is 0 Å². The Morgan fingerprint density at radius 1 is 0.947 bits per heavy atom. The molecule has 3 heteroatoms. The quantitative estimate of drug-likeness (QED) is 0.773. The summed E-state index contributed by atoms with van der Waals surface area (Å²) in [5, 5.41) is 0. The summed E-state index contributed by atoms with van der Waals surface area (Å²) in [5.74, 6) is 0.204. The SMILES string of the molecule is Cc1cc(C)c(C)c(C(=O)N2CCN(C)CC2)c1C. The Balaban J connectivity index is 2.34. The van der Waals surface area contributed by atoms with E-state index in [1.54, 1.807) is 0 Å². The number of rotatable bonds is 1. The van der Waals surface area contributed by atoms with Gasteiger partial charge in [-0.2, -0.15) is 0 Å². The minimum Gasteiger partial charge on any atom is -0.336 e. The summed E-state index contributed by atoms with van der Waals surface area (Å²) in [6.07, 6.45) is 0. The second-order valence-corrected chi connectivity index (χ2v) is 5.73. The molecule has 1 aromatic rings. The van der Waals surface area contributed by atoms with Crippen molar-refractivity contribution in [2.24, 2.45) is 0 Å². The summed E-state index contributed by atoms with van der Waals surface area (Å²) in [7, 11) is 2.11. The Hall–Kier alpha value is -1.35. The van der Waals surface area contributed by atoms with Gasteiger partial charge >= 0.3 is 0 Å². The number of amides is 1. The second-order valence-electron chi connectivity index (χ2n) is 5.73. The fourth-order valence-corrected chi connectivity index (χ4v) is 2.71. The van der Waals surface area contributed by atoms with Gasteiger partial charge in [-0.3, -0.25) is 4.79 Å². The summed E-state index contributed by atoms with van der Waals surface area (Å²) in [6.45, 7) is 11.9. The van der Waals surface area contributed by atoms with E-state index < -0.39 is 0 Å². The third-order valence-corrected chi connectivity index (χ3v) is 4.37. The third kappa shape index (κ3) is 2.66. The first-order valence-electron chi connectivity index (χ1n) is 6.97. The van der Waals surface area contributed by atoms with Crippen LogP contribution in [0.4, 0.5) is 0 Å². The number of benzene rings is 1. The van der Waals surface area contributed by atoms with Gasteiger partial charge in [-0.15, -0.1) is 0 Å². The maximum atomic E-state index is 12.8. The van der Waals surface area contributed by atoms with Crippen molar-refractivity contribution in [3.05, 3.63) is 33.9 Å². The van der Waals surface area contributed by atoms with Gasteiger partial charge in [0.05, 0.1) is 0 Å². The maximum Gasteiger partial charge on any atom is 0.254 e. The van der Waals surface area contributed by atoms with Gasteiger partial charge in [0, 0.05) is 31.7 Å². The molecule has 1 heterocycles. The topological polar surface area (TPSA) is 23.6 Å². The average molecular weight is 260 g/mol. The Morgan fingerprint density at radius 2 is 1.42 bits per heavy atom. The van der Waals surface area contributed by atoms with E-state index in [1.165, 1.54) is 11.1 Å². The molecule has 2 rings (SSSR count). The van der Waals surface area contributed by atoms with Gasteiger partial charge in [-0.05, 0) is 57.0 Å². The van der Waals surface area contributed by atoms with Crippen LogP contribution in [0.2, 0.25) is 0 Å². The molecular formula is C16H24N2O. The van der Waals surface area contributed by atoms with Crippen molar-refractivity contribution in [3.63, 3.8) is 0 Å². The van der Waals surface area contributed by atoms with E-state index >= 15 is 0 Å². The normalized spacial score (nSPS) is 16.8. The lowest BCUT2D eigenvalue weighted by molar-refractivity contribution is 0.0662. The molecule has 0 unspecified atom stereocenters. The summed E-state index contributed by atoms with van der Waals surface area (Å²) in [4.78, 5) is 17.0. The lowest BCUT2D eigenvalue weighted by Gasteiger charge is -2.33. The van der Waals surface area contributed by atoms with Gasteiger partial charge in [0.1, 0.15) is 0 Å². The first-order valence-corrected chi connectivity index (χ1v) is 6.97. The molecule has 0 radical (unpaired) electrons. The smallest absolute Gasteiger partial charge is 0.254 e. The van der Waals surface area contributed by atoms with Crippen LogP contribution in [0, 0.1) is 27.7 Å². The monoisotopic (exact) mass is 260 g/mol. The number of carbonyl (C=O) groups is 1. The molecule has 1 amide bonds. The summed E-state index contributed by atoms with van der Waals surface area (Å²) in [6, 6.07) is 2.17. The molecule has 0 bridgehead atoms. The van der Waals surface area contributed by atoms with Gasteiger partial charge in [-0.1, -0.05) is 6.07 Å². The molecule has 19 heavy (non-hydrogen) atoms. The molecule has 0 N–H and O–H groups in total. The molecule has 1 aliphatic rings. The Labute approximate surface area is 116 Å². The van der Waals surface area contributed by atoms with Crippen LogP contribution in [0.3, 0.4) is 0 Å². The van der Waals surface area contributed by atoms with E-state index in [4.69, 9.17) is 0 Å². The lowest BCUT2D eigenvalue weighted by Crippen LogP contribution is -2.47. The van der Waals surface area contributed by atoms with E-state index in [9.17, 15) is 4.79 Å². The molecule has 1 fully saturated rings. The first kappa shape index (κ1) is 14.1. The van der Waals surface area contributed by atoms with Gasteiger partial charge < -0.3 is 9.80 Å². The largest absolute Gasteiger partial charge is 0.336 e. The lowest BCUT2D eigenvalue weighted by atomic mass is 9.93. The highest BCUT2D eigenvalue weighted by Gasteiger charge is 2.24. The Bertz CT molecular complexity index is 474. The van der Waals surface area contributed by atoms with Gasteiger partial charge in [-0.25, -0.2) is 0 Å². The zero-order valence-electron chi connectivity index (χ0n) is 12.7. The predicted octanol–water partition coefficient (Wildman–Crippen LogP) is 2.31. The van der Waals surface area contributed by atoms with Gasteiger partial charge in [0.25, 0.3) is 5.91 Å². The zero-order chi connectivity index (χ0) is 14.2. The van der Waals surface area contributed by atoms with Crippen molar-refractivity contribution in [3.8, 4) is 0 Å². The molecule has 3 nitrogen and oxygen atoms in total. The van der Waals surface area contributed by atoms with E-state index in [0.717, 1.165) is 42.9 Å². The van der Waals surface area contributed by atoms with E-state index in [2.05, 4.69) is 45.7 Å². The number of nitrogens with zero attached hydrogens (tertiary/aromatic N) is 2. The van der Waals surface area contributed by atoms with E-state index in [0.29, 0.717) is 0 Å². The van der Waals surface area contributed by atoms with Gasteiger partial charge in [0.2, 0.25) is 0 Å². The van der Waals surface area contributed by atoms with Crippen molar-refractivity contribution in [2.75, 3.05) is 33.2 Å². The molecule has 1 aromatic carbocycles. The minimum atomic E-state index is 0.204. The molecule has 104 valence electrons. The Kier molecular flexibility index (Phi) is 3.95. The molecular weight excluding hydrogens is 236 g/mol. The zero-order valence-corrected chi connectivity index (χ0v) is 12.7. The number of piperazine rings is 1. The number of carbonyl (C=O) groups excluding carboxylic acids is 1. The van der Waals surface area contributed by atoms with Crippen molar-refractivity contribution in [1.82, 2.24) is 9.80 Å². The average Bonchev–Trinajstić information content (AvgIpc) is 2.37. The van der Waals surface area contributed by atoms with Gasteiger partial charge in [0.15, 0.2) is 0 Å². The van der Waals surface area contributed by atoms with Crippen LogP contribution in [-0.4, -0.2) is 48.9 Å². The molecule has 0 spiro atoms. The molecule has 0 atom stereocenters. The highest BCUT2D eigenvalue weighted by atomic mass is 16.2. The third-order valence-electron chi connectivity index (χ3n) is 4.37. The molecule has 1 saturated heterocycles. The van der Waals surface area contributed by atoms with Crippen LogP contribution < -0.4 is 0 Å². The fraction of sp³-hybridized carbons (Fsp3) is 0.562. The number of aryl methyl sites for hydroxylation is 2. The number of hydrogen-bond donors (Lipinski definition) is 0. The van der Waals surface area contributed by atoms with E-state index in [-0.39, 0.29) is 5.91 Å². The van der Waals surface area contributed by atoms with Crippen LogP contribution in [0.1, 0.15) is 32.6 Å². The number of hydrogen-bond acceptors (Lipinski definition) is 2. The highest BCUT2D eigenvalue weighted by Crippen LogP contribution is 2.23. The van der Waals surface area contributed by atoms with Crippen LogP contribution >= 0.6 is 0 Å². The molecule has 0 saturated carbocycles. The summed E-state index contributed by atoms with van der Waals surface area (Å²) in [5.41, 5.74) is 5.60. The highest BCUT2D eigenvalue weighted by molar-refractivity contribution is 5.97. The van der Waals surface area contributed by atoms with E-state index in [1.807, 2.05) is 4.90 Å². The van der Waals surface area contributed by atoms with Crippen LogP contribution in [0.5, 0.6) is 0 Å². The number of likely N-dealkylation sites (N-methyl/N-ethyl adjacent to an activating group) is 1. The van der Waals surface area contributed by atoms with Crippen LogP contribution in [-0.2, 0) is 0 Å². The Morgan fingerprint density at radius 3 is 1.89 bits per heavy atom. The van der Waals surface area contributed by atoms with Crippen LogP contribution in [0.25, 0.3) is 0 Å². The van der Waals surface area contributed by atoms with Crippen LogP contribution in [0.15, 0.2) is 6.07 Å². The minimum absolute atomic E-state index is 0.204. The van der Waals surface area contributed by atoms with Crippen molar-refractivity contribution >= 4 is 5.91 Å².